The largest absolute Gasteiger partial charge is 0.461 e. The van der Waals surface area contributed by atoms with Crippen LogP contribution in [0.5, 0.6) is 0 Å². The van der Waals surface area contributed by atoms with Crippen LogP contribution >= 0.6 is 0 Å². The first-order chi connectivity index (χ1) is 13.6. The summed E-state index contributed by atoms with van der Waals surface area (Å²) >= 11 is 0. The zero-order chi connectivity index (χ0) is 19.4. The molecule has 0 aliphatic carbocycles. The molecule has 0 unspecified atom stereocenters. The van der Waals surface area contributed by atoms with E-state index in [0.29, 0.717) is 23.9 Å². The Labute approximate surface area is 162 Å². The predicted octanol–water partition coefficient (Wildman–Crippen LogP) is 3.28. The van der Waals surface area contributed by atoms with Crippen LogP contribution in [0.1, 0.15) is 0 Å². The molecule has 0 saturated heterocycles. The lowest BCUT2D eigenvalue weighted by Crippen LogP contribution is -2.29. The van der Waals surface area contributed by atoms with Crippen molar-refractivity contribution in [2.45, 2.75) is 4.90 Å². The fourth-order valence-corrected chi connectivity index (χ4v) is 3.83. The number of hydrogen-bond acceptors (Lipinski definition) is 6. The third kappa shape index (κ3) is 3.88. The van der Waals surface area contributed by atoms with Gasteiger partial charge in [-0.3, -0.25) is 0 Å². The molecule has 142 valence electrons. The Morgan fingerprint density at radius 3 is 2.43 bits per heavy atom. The number of furan rings is 1. The number of nitrogens with one attached hydrogen (secondary N) is 2. The second-order valence-corrected chi connectivity index (χ2v) is 7.79. The molecule has 0 fully saturated rings. The minimum absolute atomic E-state index is 0.214. The van der Waals surface area contributed by atoms with Crippen molar-refractivity contribution in [1.29, 1.82) is 0 Å². The standard InChI is InChI=1S/C20H18N4O3S/c25-28(26,15-7-2-1-3-8-15)22-13-12-21-19-16-9-4-5-10-17(16)23-20(24-19)18-11-6-14-27-18/h1-11,14,22H,12-13H2,(H,21,23,24). The lowest BCUT2D eigenvalue weighted by Gasteiger charge is -2.11. The van der Waals surface area contributed by atoms with Crippen LogP contribution in [-0.2, 0) is 10.0 Å². The van der Waals surface area contributed by atoms with Gasteiger partial charge in [0.1, 0.15) is 5.82 Å². The third-order valence-electron chi connectivity index (χ3n) is 4.11. The van der Waals surface area contributed by atoms with Crippen molar-refractivity contribution in [3.63, 3.8) is 0 Å². The van der Waals surface area contributed by atoms with E-state index in [9.17, 15) is 8.42 Å². The summed E-state index contributed by atoms with van der Waals surface area (Å²) in [5.41, 5.74) is 0.774. The Morgan fingerprint density at radius 2 is 1.64 bits per heavy atom. The van der Waals surface area contributed by atoms with Gasteiger partial charge in [0, 0.05) is 18.5 Å². The van der Waals surface area contributed by atoms with Gasteiger partial charge in [-0.15, -0.1) is 0 Å². The third-order valence-corrected chi connectivity index (χ3v) is 5.58. The van der Waals surface area contributed by atoms with Gasteiger partial charge in [0.25, 0.3) is 0 Å². The van der Waals surface area contributed by atoms with E-state index >= 15 is 0 Å². The van der Waals surface area contributed by atoms with Crippen LogP contribution in [0, 0.1) is 0 Å². The number of para-hydroxylation sites is 1. The maximum atomic E-state index is 12.3. The molecule has 0 atom stereocenters. The van der Waals surface area contributed by atoms with Gasteiger partial charge < -0.3 is 9.73 Å². The maximum Gasteiger partial charge on any atom is 0.240 e. The molecule has 0 spiro atoms. The van der Waals surface area contributed by atoms with E-state index in [-0.39, 0.29) is 11.4 Å². The molecule has 7 nitrogen and oxygen atoms in total. The highest BCUT2D eigenvalue weighted by Gasteiger charge is 2.13. The first kappa shape index (κ1) is 18.1. The molecular formula is C20H18N4O3S. The van der Waals surface area contributed by atoms with Crippen LogP contribution in [0.25, 0.3) is 22.5 Å². The zero-order valence-electron chi connectivity index (χ0n) is 14.9. The molecule has 28 heavy (non-hydrogen) atoms. The van der Waals surface area contributed by atoms with E-state index in [0.717, 1.165) is 10.9 Å². The quantitative estimate of drug-likeness (QED) is 0.467. The molecule has 0 aliphatic heterocycles. The lowest BCUT2D eigenvalue weighted by molar-refractivity contribution is 0.577. The van der Waals surface area contributed by atoms with E-state index < -0.39 is 10.0 Å². The summed E-state index contributed by atoms with van der Waals surface area (Å²) in [7, 11) is -3.54. The van der Waals surface area contributed by atoms with Crippen molar-refractivity contribution >= 4 is 26.7 Å². The van der Waals surface area contributed by atoms with Crippen LogP contribution in [0.3, 0.4) is 0 Å². The van der Waals surface area contributed by atoms with E-state index in [1.54, 1.807) is 48.7 Å². The number of fused-ring (bicyclic) bond motifs is 1. The fraction of sp³-hybridized carbons (Fsp3) is 0.100. The molecule has 8 heteroatoms. The van der Waals surface area contributed by atoms with Crippen LogP contribution in [0.15, 0.2) is 82.3 Å². The van der Waals surface area contributed by atoms with Gasteiger partial charge in [0.2, 0.25) is 10.0 Å². The molecule has 0 bridgehead atoms. The van der Waals surface area contributed by atoms with Crippen LogP contribution in [0.4, 0.5) is 5.82 Å². The Kier molecular flexibility index (Phi) is 5.05. The summed E-state index contributed by atoms with van der Waals surface area (Å²) in [4.78, 5) is 9.31. The number of rotatable bonds is 7. The molecule has 2 aromatic heterocycles. The predicted molar refractivity (Wildman–Crippen MR) is 107 cm³/mol. The summed E-state index contributed by atoms with van der Waals surface area (Å²) in [6.45, 7) is 0.580. The molecule has 2 aromatic carbocycles. The van der Waals surface area contributed by atoms with Gasteiger partial charge in [-0.1, -0.05) is 30.3 Å². The lowest BCUT2D eigenvalue weighted by atomic mass is 10.2. The van der Waals surface area contributed by atoms with Crippen LogP contribution < -0.4 is 10.0 Å². The molecule has 2 heterocycles. The van der Waals surface area contributed by atoms with Gasteiger partial charge >= 0.3 is 0 Å². The molecule has 0 amide bonds. The highest BCUT2D eigenvalue weighted by atomic mass is 32.2. The van der Waals surface area contributed by atoms with E-state index in [1.807, 2.05) is 24.3 Å². The van der Waals surface area contributed by atoms with Crippen molar-refractivity contribution in [2.24, 2.45) is 0 Å². The van der Waals surface area contributed by atoms with E-state index in [4.69, 9.17) is 4.42 Å². The number of aromatic nitrogens is 2. The van der Waals surface area contributed by atoms with Crippen molar-refractivity contribution < 1.29 is 12.8 Å². The number of nitrogens with zero attached hydrogens (tertiary/aromatic N) is 2. The molecule has 0 radical (unpaired) electrons. The Bertz CT molecular complexity index is 1180. The first-order valence-corrected chi connectivity index (χ1v) is 10.2. The molecule has 4 rings (SSSR count). The minimum atomic E-state index is -3.54. The maximum absolute atomic E-state index is 12.3. The number of sulfonamides is 1. The van der Waals surface area contributed by atoms with Crippen molar-refractivity contribution in [1.82, 2.24) is 14.7 Å². The van der Waals surface area contributed by atoms with Crippen molar-refractivity contribution in [3.05, 3.63) is 73.0 Å². The van der Waals surface area contributed by atoms with E-state index in [2.05, 4.69) is 20.0 Å². The highest BCUT2D eigenvalue weighted by molar-refractivity contribution is 7.89. The second-order valence-electron chi connectivity index (χ2n) is 6.03. The van der Waals surface area contributed by atoms with E-state index in [1.165, 1.54) is 0 Å². The Morgan fingerprint density at radius 1 is 0.857 bits per heavy atom. The monoisotopic (exact) mass is 394 g/mol. The average molecular weight is 394 g/mol. The Hall–Kier alpha value is -3.23. The topological polar surface area (TPSA) is 97.1 Å². The molecule has 0 aliphatic rings. The number of benzene rings is 2. The van der Waals surface area contributed by atoms with Gasteiger partial charge in [0.15, 0.2) is 11.6 Å². The van der Waals surface area contributed by atoms with Crippen molar-refractivity contribution in [3.8, 4) is 11.6 Å². The smallest absolute Gasteiger partial charge is 0.240 e. The summed E-state index contributed by atoms with van der Waals surface area (Å²) in [5.74, 6) is 1.66. The van der Waals surface area contributed by atoms with Gasteiger partial charge in [-0.25, -0.2) is 23.1 Å². The summed E-state index contributed by atoms with van der Waals surface area (Å²) in [6, 6.07) is 19.5. The number of hydrogen-bond donors (Lipinski definition) is 2. The van der Waals surface area contributed by atoms with Crippen LogP contribution in [-0.4, -0.2) is 31.5 Å². The molecule has 2 N–H and O–H groups in total. The van der Waals surface area contributed by atoms with Crippen molar-refractivity contribution in [2.75, 3.05) is 18.4 Å². The van der Waals surface area contributed by atoms with Gasteiger partial charge in [-0.2, -0.15) is 0 Å². The normalized spacial score (nSPS) is 11.6. The minimum Gasteiger partial charge on any atom is -0.461 e. The summed E-state index contributed by atoms with van der Waals surface area (Å²) < 4.78 is 32.6. The van der Waals surface area contributed by atoms with Gasteiger partial charge in [0.05, 0.1) is 16.7 Å². The molecular weight excluding hydrogens is 376 g/mol. The average Bonchev–Trinajstić information content (AvgIpc) is 3.26. The highest BCUT2D eigenvalue weighted by Crippen LogP contribution is 2.24. The SMILES string of the molecule is O=S(=O)(NCCNc1nc(-c2ccco2)nc2ccccc12)c1ccccc1. The zero-order valence-corrected chi connectivity index (χ0v) is 15.7. The number of anilines is 1. The summed E-state index contributed by atoms with van der Waals surface area (Å²) in [6.07, 6.45) is 1.57. The second kappa shape index (κ2) is 7.79. The molecule has 0 saturated carbocycles. The van der Waals surface area contributed by atoms with Crippen LogP contribution in [0.2, 0.25) is 0 Å². The first-order valence-electron chi connectivity index (χ1n) is 8.73. The molecule has 4 aromatic rings. The summed E-state index contributed by atoms with van der Waals surface area (Å²) in [5, 5.41) is 4.04. The fourth-order valence-electron chi connectivity index (χ4n) is 2.78. The Balaban J connectivity index is 1.50. The van der Waals surface area contributed by atoms with Gasteiger partial charge in [-0.05, 0) is 36.4 Å².